The molecule has 1 unspecified atom stereocenters. The van der Waals surface area contributed by atoms with Crippen molar-refractivity contribution in [3.05, 3.63) is 68.7 Å². The molecule has 0 saturated heterocycles. The third kappa shape index (κ3) is 3.35. The molecule has 2 nitrogen and oxygen atoms in total. The van der Waals surface area contributed by atoms with Gasteiger partial charge in [0.25, 0.3) is 0 Å². The van der Waals surface area contributed by atoms with Gasteiger partial charge in [0.15, 0.2) is 0 Å². The Hall–Kier alpha value is -1.01. The van der Waals surface area contributed by atoms with Crippen molar-refractivity contribution in [2.75, 3.05) is 0 Å². The molecule has 1 atom stereocenters. The van der Waals surface area contributed by atoms with Crippen LogP contribution in [0.25, 0.3) is 0 Å². The van der Waals surface area contributed by atoms with Crippen LogP contribution in [0, 0.1) is 11.6 Å². The zero-order chi connectivity index (χ0) is 14.7. The minimum atomic E-state index is -0.502. The summed E-state index contributed by atoms with van der Waals surface area (Å²) in [5.41, 5.74) is 3.76. The third-order valence-electron chi connectivity index (χ3n) is 2.98. The van der Waals surface area contributed by atoms with Gasteiger partial charge >= 0.3 is 0 Å². The Morgan fingerprint density at radius 2 is 2.00 bits per heavy atom. The second-order valence-corrected chi connectivity index (χ2v) is 5.58. The molecule has 2 rings (SSSR count). The van der Waals surface area contributed by atoms with Crippen molar-refractivity contribution in [3.8, 4) is 0 Å². The van der Waals surface area contributed by atoms with E-state index in [1.54, 1.807) is 24.3 Å². The van der Waals surface area contributed by atoms with Crippen molar-refractivity contribution < 1.29 is 8.78 Å². The van der Waals surface area contributed by atoms with E-state index in [2.05, 4.69) is 21.4 Å². The molecule has 0 radical (unpaired) electrons. The van der Waals surface area contributed by atoms with Gasteiger partial charge in [-0.05, 0) is 46.1 Å². The molecule has 0 aliphatic carbocycles. The Balaban J connectivity index is 2.28. The number of hydrogen-bond acceptors (Lipinski definition) is 2. The van der Waals surface area contributed by atoms with Gasteiger partial charge in [-0.25, -0.2) is 8.78 Å². The molecule has 0 saturated carbocycles. The number of hydrazine groups is 1. The predicted molar refractivity (Wildman–Crippen MR) is 79.3 cm³/mol. The summed E-state index contributed by atoms with van der Waals surface area (Å²) in [6.07, 6.45) is 0.409. The molecule has 6 heteroatoms. The summed E-state index contributed by atoms with van der Waals surface area (Å²) >= 11 is 8.88. The topological polar surface area (TPSA) is 38.0 Å². The number of rotatable bonds is 4. The van der Waals surface area contributed by atoms with E-state index in [1.807, 2.05) is 0 Å². The van der Waals surface area contributed by atoms with E-state index in [1.165, 1.54) is 12.1 Å². The van der Waals surface area contributed by atoms with E-state index in [4.69, 9.17) is 17.4 Å². The maximum atomic E-state index is 14.0. The molecule has 0 aromatic heterocycles. The molecule has 20 heavy (non-hydrogen) atoms. The molecule has 0 bridgehead atoms. The number of hydrogen-bond donors (Lipinski definition) is 2. The Morgan fingerprint density at radius 1 is 1.25 bits per heavy atom. The first kappa shape index (κ1) is 15.4. The van der Waals surface area contributed by atoms with Crippen molar-refractivity contribution in [2.24, 2.45) is 5.84 Å². The predicted octanol–water partition coefficient (Wildman–Crippen LogP) is 4.13. The van der Waals surface area contributed by atoms with Crippen LogP contribution in [0.3, 0.4) is 0 Å². The Bertz CT molecular complexity index is 622. The van der Waals surface area contributed by atoms with E-state index in [9.17, 15) is 8.78 Å². The number of nitrogens with two attached hydrogens (primary N) is 1. The number of halogens is 4. The minimum absolute atomic E-state index is 0.0445. The zero-order valence-electron chi connectivity index (χ0n) is 10.3. The quantitative estimate of drug-likeness (QED) is 0.635. The van der Waals surface area contributed by atoms with Crippen molar-refractivity contribution in [2.45, 2.75) is 12.5 Å². The molecular weight excluding hydrogens is 350 g/mol. The molecular formula is C14H12BrClF2N2. The summed E-state index contributed by atoms with van der Waals surface area (Å²) in [5, 5.41) is 0.0445. The first-order valence-electron chi connectivity index (χ1n) is 5.87. The van der Waals surface area contributed by atoms with Crippen molar-refractivity contribution in [1.29, 1.82) is 0 Å². The first-order chi connectivity index (χ1) is 9.52. The summed E-state index contributed by atoms with van der Waals surface area (Å²) in [5.74, 6) is 4.65. The van der Waals surface area contributed by atoms with Crippen LogP contribution in [0.5, 0.6) is 0 Å². The molecule has 0 aliphatic rings. The van der Waals surface area contributed by atoms with Gasteiger partial charge in [0.1, 0.15) is 11.6 Å². The van der Waals surface area contributed by atoms with Crippen molar-refractivity contribution >= 4 is 27.5 Å². The van der Waals surface area contributed by atoms with Crippen LogP contribution >= 0.6 is 27.5 Å². The molecule has 2 aromatic rings. The summed E-state index contributed by atoms with van der Waals surface area (Å²) in [4.78, 5) is 0. The zero-order valence-corrected chi connectivity index (χ0v) is 12.7. The van der Waals surface area contributed by atoms with Crippen molar-refractivity contribution in [1.82, 2.24) is 5.43 Å². The highest BCUT2D eigenvalue weighted by Gasteiger charge is 2.17. The number of nitrogens with one attached hydrogen (secondary N) is 1. The fourth-order valence-corrected chi connectivity index (χ4v) is 2.56. The van der Waals surface area contributed by atoms with Crippen LogP contribution in [0.15, 0.2) is 40.9 Å². The first-order valence-corrected chi connectivity index (χ1v) is 7.04. The maximum Gasteiger partial charge on any atom is 0.146 e. The molecule has 3 N–H and O–H groups in total. The highest BCUT2D eigenvalue weighted by molar-refractivity contribution is 9.10. The summed E-state index contributed by atoms with van der Waals surface area (Å²) in [6, 6.07) is 8.92. The normalized spacial score (nSPS) is 12.4. The van der Waals surface area contributed by atoms with Gasteiger partial charge in [-0.1, -0.05) is 29.8 Å². The molecule has 0 aliphatic heterocycles. The van der Waals surface area contributed by atoms with Gasteiger partial charge in [0.05, 0.1) is 15.5 Å². The summed E-state index contributed by atoms with van der Waals surface area (Å²) in [7, 11) is 0. The van der Waals surface area contributed by atoms with Crippen LogP contribution in [0.4, 0.5) is 8.78 Å². The largest absolute Gasteiger partial charge is 0.271 e. The van der Waals surface area contributed by atoms with Gasteiger partial charge in [0, 0.05) is 5.56 Å². The fourth-order valence-electron chi connectivity index (χ4n) is 1.95. The molecule has 0 amide bonds. The average Bonchev–Trinajstić information content (AvgIpc) is 2.43. The summed E-state index contributed by atoms with van der Waals surface area (Å²) in [6.45, 7) is 0. The van der Waals surface area contributed by atoms with Gasteiger partial charge in [0.2, 0.25) is 0 Å². The smallest absolute Gasteiger partial charge is 0.146 e. The fraction of sp³-hybridized carbons (Fsp3) is 0.143. The van der Waals surface area contributed by atoms with Gasteiger partial charge in [-0.2, -0.15) is 0 Å². The van der Waals surface area contributed by atoms with Crippen LogP contribution in [-0.2, 0) is 6.42 Å². The number of benzene rings is 2. The van der Waals surface area contributed by atoms with E-state index < -0.39 is 11.9 Å². The van der Waals surface area contributed by atoms with E-state index >= 15 is 0 Å². The van der Waals surface area contributed by atoms with E-state index in [-0.39, 0.29) is 10.8 Å². The molecule has 0 spiro atoms. The second-order valence-electron chi connectivity index (χ2n) is 4.31. The van der Waals surface area contributed by atoms with Crippen LogP contribution in [0.1, 0.15) is 17.2 Å². The van der Waals surface area contributed by atoms with Crippen molar-refractivity contribution in [3.63, 3.8) is 0 Å². The van der Waals surface area contributed by atoms with Crippen LogP contribution in [0.2, 0.25) is 5.02 Å². The Labute approximate surface area is 129 Å². The van der Waals surface area contributed by atoms with Gasteiger partial charge in [-0.15, -0.1) is 0 Å². The van der Waals surface area contributed by atoms with Gasteiger partial charge < -0.3 is 0 Å². The summed E-state index contributed by atoms with van der Waals surface area (Å²) < 4.78 is 27.5. The third-order valence-corrected chi connectivity index (χ3v) is 3.88. The lowest BCUT2D eigenvalue weighted by Gasteiger charge is -2.18. The highest BCUT2D eigenvalue weighted by atomic mass is 79.9. The Kier molecular flexibility index (Phi) is 5.10. The van der Waals surface area contributed by atoms with E-state index in [0.29, 0.717) is 16.5 Å². The lowest BCUT2D eigenvalue weighted by Crippen LogP contribution is -2.30. The lowest BCUT2D eigenvalue weighted by molar-refractivity contribution is 0.510. The highest BCUT2D eigenvalue weighted by Crippen LogP contribution is 2.26. The molecule has 106 valence electrons. The maximum absolute atomic E-state index is 14.0. The lowest BCUT2D eigenvalue weighted by atomic mass is 9.99. The monoisotopic (exact) mass is 360 g/mol. The SMILES string of the molecule is NNC(Cc1ccc(F)c(Br)c1)c1cccc(Cl)c1F. The standard InChI is InChI=1S/C14H12BrClF2N2/c15-10-6-8(4-5-12(10)17)7-13(20-19)9-2-1-3-11(16)14(9)18/h1-6,13,20H,7,19H2. The van der Waals surface area contributed by atoms with Crippen LogP contribution < -0.4 is 11.3 Å². The molecule has 0 fully saturated rings. The molecule has 0 heterocycles. The van der Waals surface area contributed by atoms with E-state index in [0.717, 1.165) is 5.56 Å². The minimum Gasteiger partial charge on any atom is -0.271 e. The second kappa shape index (κ2) is 6.63. The van der Waals surface area contributed by atoms with Gasteiger partial charge in [-0.3, -0.25) is 11.3 Å². The molecule has 2 aromatic carbocycles. The average molecular weight is 362 g/mol. The van der Waals surface area contributed by atoms with Crippen LogP contribution in [-0.4, -0.2) is 0 Å². The Morgan fingerprint density at radius 3 is 2.65 bits per heavy atom.